The van der Waals surface area contributed by atoms with Gasteiger partial charge in [-0.3, -0.25) is 0 Å². The van der Waals surface area contributed by atoms with Gasteiger partial charge in [-0.25, -0.2) is 0 Å². The lowest BCUT2D eigenvalue weighted by Gasteiger charge is -2.22. The van der Waals surface area contributed by atoms with Gasteiger partial charge in [0, 0.05) is 22.4 Å². The average Bonchev–Trinajstić information content (AvgIpc) is 2.54. The highest BCUT2D eigenvalue weighted by atomic mass is 79.9. The van der Waals surface area contributed by atoms with Crippen LogP contribution in [0.5, 0.6) is 0 Å². The molecular formula is C9H13BrN2. The largest absolute Gasteiger partial charge is 0.363 e. The Morgan fingerprint density at radius 1 is 1.42 bits per heavy atom. The topological polar surface area (TPSA) is 27.8 Å². The van der Waals surface area contributed by atoms with Crippen molar-refractivity contribution in [3.05, 3.63) is 22.4 Å². The standard InChI is InChI=1S/C9H13BrN2/c10-7-5-9(12-6-7)8-3-1-2-4-11-8/h5-6,8,11-12H,1-4H2. The van der Waals surface area contributed by atoms with E-state index in [0.29, 0.717) is 6.04 Å². The van der Waals surface area contributed by atoms with Crippen LogP contribution in [0, 0.1) is 0 Å². The van der Waals surface area contributed by atoms with E-state index in [-0.39, 0.29) is 0 Å². The summed E-state index contributed by atoms with van der Waals surface area (Å²) in [5, 5.41) is 3.50. The van der Waals surface area contributed by atoms with Crippen LogP contribution >= 0.6 is 15.9 Å². The number of aromatic nitrogens is 1. The van der Waals surface area contributed by atoms with E-state index in [1.807, 2.05) is 6.20 Å². The molecule has 0 bridgehead atoms. The van der Waals surface area contributed by atoms with Crippen molar-refractivity contribution in [1.82, 2.24) is 10.3 Å². The van der Waals surface area contributed by atoms with Gasteiger partial charge in [0.15, 0.2) is 0 Å². The fourth-order valence-corrected chi connectivity index (χ4v) is 2.06. The Kier molecular flexibility index (Phi) is 2.51. The lowest BCUT2D eigenvalue weighted by atomic mass is 10.0. The molecular weight excluding hydrogens is 216 g/mol. The van der Waals surface area contributed by atoms with Crippen molar-refractivity contribution >= 4 is 15.9 Å². The van der Waals surface area contributed by atoms with Crippen molar-refractivity contribution in [3.8, 4) is 0 Å². The smallest absolute Gasteiger partial charge is 0.0473 e. The van der Waals surface area contributed by atoms with Crippen molar-refractivity contribution in [1.29, 1.82) is 0 Å². The molecule has 0 amide bonds. The molecule has 0 saturated carbocycles. The van der Waals surface area contributed by atoms with Crippen LogP contribution in [0.15, 0.2) is 16.7 Å². The zero-order valence-electron chi connectivity index (χ0n) is 6.94. The molecule has 2 N–H and O–H groups in total. The Bertz CT molecular complexity index is 251. The fraction of sp³-hybridized carbons (Fsp3) is 0.556. The lowest BCUT2D eigenvalue weighted by molar-refractivity contribution is 0.406. The van der Waals surface area contributed by atoms with E-state index < -0.39 is 0 Å². The Labute approximate surface area is 80.9 Å². The predicted molar refractivity (Wildman–Crippen MR) is 53.1 cm³/mol. The van der Waals surface area contributed by atoms with Crippen LogP contribution in [-0.2, 0) is 0 Å². The predicted octanol–water partition coefficient (Wildman–Crippen LogP) is 2.59. The SMILES string of the molecule is Brc1c[nH]c(C2CCCCN2)c1. The van der Waals surface area contributed by atoms with Gasteiger partial charge in [-0.1, -0.05) is 6.42 Å². The van der Waals surface area contributed by atoms with Crippen molar-refractivity contribution in [2.75, 3.05) is 6.54 Å². The number of aromatic amines is 1. The average molecular weight is 229 g/mol. The number of H-pyrrole nitrogens is 1. The van der Waals surface area contributed by atoms with E-state index in [1.54, 1.807) is 0 Å². The summed E-state index contributed by atoms with van der Waals surface area (Å²) in [6.45, 7) is 1.15. The first-order valence-electron chi connectivity index (χ1n) is 4.43. The molecule has 1 aliphatic heterocycles. The molecule has 2 nitrogen and oxygen atoms in total. The maximum Gasteiger partial charge on any atom is 0.0473 e. The third kappa shape index (κ3) is 1.72. The molecule has 0 spiro atoms. The van der Waals surface area contributed by atoms with Crippen molar-refractivity contribution in [2.45, 2.75) is 25.3 Å². The van der Waals surface area contributed by atoms with Crippen LogP contribution < -0.4 is 5.32 Å². The molecule has 3 heteroatoms. The molecule has 12 heavy (non-hydrogen) atoms. The lowest BCUT2D eigenvalue weighted by Crippen LogP contribution is -2.26. The van der Waals surface area contributed by atoms with Crippen molar-refractivity contribution in [3.63, 3.8) is 0 Å². The molecule has 66 valence electrons. The maximum absolute atomic E-state index is 3.50. The second-order valence-corrected chi connectivity index (χ2v) is 4.19. The van der Waals surface area contributed by atoms with Crippen LogP contribution in [-0.4, -0.2) is 11.5 Å². The quantitative estimate of drug-likeness (QED) is 0.761. The first-order chi connectivity index (χ1) is 5.86. The summed E-state index contributed by atoms with van der Waals surface area (Å²) in [4.78, 5) is 3.27. The summed E-state index contributed by atoms with van der Waals surface area (Å²) in [7, 11) is 0. The van der Waals surface area contributed by atoms with Gasteiger partial charge < -0.3 is 10.3 Å². The van der Waals surface area contributed by atoms with Crippen LogP contribution in [0.1, 0.15) is 31.0 Å². The molecule has 1 saturated heterocycles. The van der Waals surface area contributed by atoms with Gasteiger partial charge in [0.25, 0.3) is 0 Å². The molecule has 1 aromatic heterocycles. The number of hydrogen-bond donors (Lipinski definition) is 2. The number of piperidine rings is 1. The third-order valence-electron chi connectivity index (χ3n) is 2.36. The highest BCUT2D eigenvalue weighted by Gasteiger charge is 2.15. The van der Waals surface area contributed by atoms with Gasteiger partial charge in [-0.2, -0.15) is 0 Å². The summed E-state index contributed by atoms with van der Waals surface area (Å²) < 4.78 is 1.14. The molecule has 0 aromatic carbocycles. The van der Waals surface area contributed by atoms with Gasteiger partial charge in [0.1, 0.15) is 0 Å². The van der Waals surface area contributed by atoms with E-state index in [2.05, 4.69) is 32.3 Å². The van der Waals surface area contributed by atoms with E-state index in [9.17, 15) is 0 Å². The Balaban J connectivity index is 2.08. The second-order valence-electron chi connectivity index (χ2n) is 3.28. The second kappa shape index (κ2) is 3.62. The summed E-state index contributed by atoms with van der Waals surface area (Å²) >= 11 is 3.44. The minimum absolute atomic E-state index is 0.546. The highest BCUT2D eigenvalue weighted by Crippen LogP contribution is 2.23. The van der Waals surface area contributed by atoms with E-state index in [4.69, 9.17) is 0 Å². The van der Waals surface area contributed by atoms with Gasteiger partial charge in [0.05, 0.1) is 0 Å². The molecule has 0 radical (unpaired) electrons. The van der Waals surface area contributed by atoms with Crippen LogP contribution in [0.3, 0.4) is 0 Å². The minimum atomic E-state index is 0.546. The molecule has 1 unspecified atom stereocenters. The molecule has 2 heterocycles. The van der Waals surface area contributed by atoms with E-state index in [0.717, 1.165) is 11.0 Å². The fourth-order valence-electron chi connectivity index (χ4n) is 1.70. The molecule has 2 rings (SSSR count). The van der Waals surface area contributed by atoms with Crippen LogP contribution in [0.25, 0.3) is 0 Å². The van der Waals surface area contributed by atoms with Crippen molar-refractivity contribution in [2.24, 2.45) is 0 Å². The van der Waals surface area contributed by atoms with E-state index in [1.165, 1.54) is 25.0 Å². The zero-order chi connectivity index (χ0) is 8.39. The van der Waals surface area contributed by atoms with Gasteiger partial charge in [-0.05, 0) is 41.4 Å². The first kappa shape index (κ1) is 8.32. The van der Waals surface area contributed by atoms with Gasteiger partial charge in [-0.15, -0.1) is 0 Å². The number of nitrogens with one attached hydrogen (secondary N) is 2. The Morgan fingerprint density at radius 3 is 2.92 bits per heavy atom. The maximum atomic E-state index is 3.50. The summed E-state index contributed by atoms with van der Waals surface area (Å²) in [6, 6.07) is 2.70. The summed E-state index contributed by atoms with van der Waals surface area (Å²) in [5.41, 5.74) is 1.31. The number of rotatable bonds is 1. The molecule has 1 fully saturated rings. The first-order valence-corrected chi connectivity index (χ1v) is 5.23. The third-order valence-corrected chi connectivity index (χ3v) is 2.81. The Hall–Kier alpha value is -0.280. The minimum Gasteiger partial charge on any atom is -0.363 e. The number of halogens is 1. The van der Waals surface area contributed by atoms with E-state index >= 15 is 0 Å². The van der Waals surface area contributed by atoms with Crippen LogP contribution in [0.4, 0.5) is 0 Å². The monoisotopic (exact) mass is 228 g/mol. The summed E-state index contributed by atoms with van der Waals surface area (Å²) in [6.07, 6.45) is 5.91. The van der Waals surface area contributed by atoms with Crippen LogP contribution in [0.2, 0.25) is 0 Å². The molecule has 1 atom stereocenters. The Morgan fingerprint density at radius 2 is 2.33 bits per heavy atom. The molecule has 1 aromatic rings. The molecule has 0 aliphatic carbocycles. The van der Waals surface area contributed by atoms with Gasteiger partial charge in [0.2, 0.25) is 0 Å². The highest BCUT2D eigenvalue weighted by molar-refractivity contribution is 9.10. The number of hydrogen-bond acceptors (Lipinski definition) is 1. The normalized spacial score (nSPS) is 24.2. The molecule has 1 aliphatic rings. The van der Waals surface area contributed by atoms with Crippen molar-refractivity contribution < 1.29 is 0 Å². The zero-order valence-corrected chi connectivity index (χ0v) is 8.52. The summed E-state index contributed by atoms with van der Waals surface area (Å²) in [5.74, 6) is 0. The van der Waals surface area contributed by atoms with Gasteiger partial charge >= 0.3 is 0 Å².